The highest BCUT2D eigenvalue weighted by Gasteiger charge is 2.19. The van der Waals surface area contributed by atoms with Crippen molar-refractivity contribution in [2.24, 2.45) is 4.99 Å². The molecule has 0 fully saturated rings. The highest BCUT2D eigenvalue weighted by atomic mass is 16.3. The zero-order valence-corrected chi connectivity index (χ0v) is 31.2. The van der Waals surface area contributed by atoms with Gasteiger partial charge in [0.15, 0.2) is 5.82 Å². The van der Waals surface area contributed by atoms with Crippen LogP contribution in [0, 0.1) is 0 Å². The van der Waals surface area contributed by atoms with E-state index in [1.54, 1.807) is 0 Å². The Kier molecular flexibility index (Phi) is 8.46. The fourth-order valence-corrected chi connectivity index (χ4v) is 7.61. The summed E-state index contributed by atoms with van der Waals surface area (Å²) in [5.41, 5.74) is 14.0. The zero-order chi connectivity index (χ0) is 38.3. The first kappa shape index (κ1) is 33.9. The van der Waals surface area contributed by atoms with E-state index in [9.17, 15) is 0 Å². The van der Waals surface area contributed by atoms with E-state index >= 15 is 0 Å². The fraction of sp³-hybridized carbons (Fsp3) is 0.0192. The number of aromatic nitrogens is 2. The quantitative estimate of drug-likeness (QED) is 0.115. The predicted octanol–water partition coefficient (Wildman–Crippen LogP) is 13.8. The van der Waals surface area contributed by atoms with E-state index in [1.165, 1.54) is 0 Å². The van der Waals surface area contributed by atoms with Crippen LogP contribution in [0.15, 0.2) is 203 Å². The van der Waals surface area contributed by atoms with Crippen molar-refractivity contribution < 1.29 is 8.83 Å². The number of hydrogen-bond acceptors (Lipinski definition) is 5. The van der Waals surface area contributed by atoms with E-state index in [-0.39, 0.29) is 0 Å². The lowest BCUT2D eigenvalue weighted by Crippen LogP contribution is -1.97. The van der Waals surface area contributed by atoms with E-state index < -0.39 is 0 Å². The monoisotopic (exact) mass is 733 g/mol. The van der Waals surface area contributed by atoms with Gasteiger partial charge in [0.25, 0.3) is 0 Å². The molecule has 0 spiro atoms. The summed E-state index contributed by atoms with van der Waals surface area (Å²) in [6.45, 7) is 6.68. The van der Waals surface area contributed by atoms with Gasteiger partial charge in [-0.2, -0.15) is 0 Å². The molecule has 270 valence electrons. The van der Waals surface area contributed by atoms with Gasteiger partial charge in [0.05, 0.1) is 5.70 Å². The summed E-state index contributed by atoms with van der Waals surface area (Å²) in [7, 11) is 0. The van der Waals surface area contributed by atoms with Crippen molar-refractivity contribution in [2.75, 3.05) is 0 Å². The van der Waals surface area contributed by atoms with Crippen LogP contribution in [-0.4, -0.2) is 15.7 Å². The van der Waals surface area contributed by atoms with E-state index in [1.807, 2.05) is 104 Å². The van der Waals surface area contributed by atoms with Crippen LogP contribution in [0.5, 0.6) is 0 Å². The molecule has 7 aromatic carbocycles. The van der Waals surface area contributed by atoms with E-state index in [0.29, 0.717) is 5.82 Å². The Morgan fingerprint density at radius 2 is 1.18 bits per heavy atom. The van der Waals surface area contributed by atoms with Crippen LogP contribution in [-0.2, 0) is 0 Å². The standard InChI is InChI=1S/C52H35N3O2/c1-33(41-26-27-42(51-50(41)44-18-10-12-20-48(44)57-51)39-25-28-49-45(30-39)43-17-9-11-19-47(43)56-49)29-46(37-13-5-3-6-14-37)55-34(2)35-21-23-36(24-22-35)40-31-53-52(54-32-40)38-15-7-4-8-16-38/h3-32H,1H2,2H3/b46-29-,55-34?. The van der Waals surface area contributed by atoms with Gasteiger partial charge < -0.3 is 8.83 Å². The number of rotatable bonds is 8. The number of nitrogens with zero attached hydrogens (tertiary/aromatic N) is 3. The number of furan rings is 2. The molecule has 0 bridgehead atoms. The van der Waals surface area contributed by atoms with Crippen LogP contribution in [0.1, 0.15) is 23.6 Å². The smallest absolute Gasteiger partial charge is 0.159 e. The maximum absolute atomic E-state index is 6.67. The van der Waals surface area contributed by atoms with Gasteiger partial charge in [0, 0.05) is 61.9 Å². The van der Waals surface area contributed by atoms with Crippen LogP contribution in [0.3, 0.4) is 0 Å². The van der Waals surface area contributed by atoms with Crippen LogP contribution in [0.2, 0.25) is 0 Å². The Morgan fingerprint density at radius 1 is 0.544 bits per heavy atom. The van der Waals surface area contributed by atoms with Gasteiger partial charge in [-0.1, -0.05) is 140 Å². The van der Waals surface area contributed by atoms with E-state index in [4.69, 9.17) is 13.8 Å². The van der Waals surface area contributed by atoms with E-state index in [0.717, 1.165) is 105 Å². The van der Waals surface area contributed by atoms with Gasteiger partial charge >= 0.3 is 0 Å². The topological polar surface area (TPSA) is 64.4 Å². The molecule has 10 aromatic rings. The lowest BCUT2D eigenvalue weighted by Gasteiger charge is -2.11. The molecule has 0 aliphatic carbocycles. The average molecular weight is 734 g/mol. The molecule has 0 amide bonds. The molecule has 0 saturated heterocycles. The van der Waals surface area contributed by atoms with Crippen molar-refractivity contribution in [1.82, 2.24) is 9.97 Å². The third-order valence-corrected chi connectivity index (χ3v) is 10.5. The molecular formula is C52H35N3O2. The minimum Gasteiger partial charge on any atom is -0.456 e. The summed E-state index contributed by atoms with van der Waals surface area (Å²) in [6.07, 6.45) is 5.83. The first-order chi connectivity index (χ1) is 28.1. The van der Waals surface area contributed by atoms with Gasteiger partial charge in [-0.05, 0) is 71.2 Å². The predicted molar refractivity (Wildman–Crippen MR) is 235 cm³/mol. The summed E-state index contributed by atoms with van der Waals surface area (Å²) in [5.74, 6) is 0.708. The highest BCUT2D eigenvalue weighted by molar-refractivity contribution is 6.16. The van der Waals surface area contributed by atoms with Crippen molar-refractivity contribution in [1.29, 1.82) is 0 Å². The fourth-order valence-electron chi connectivity index (χ4n) is 7.61. The van der Waals surface area contributed by atoms with Crippen molar-refractivity contribution in [3.05, 3.63) is 206 Å². The molecule has 0 radical (unpaired) electrons. The Hall–Kier alpha value is -7.63. The third-order valence-electron chi connectivity index (χ3n) is 10.5. The Balaban J connectivity index is 1.02. The molecule has 0 atom stereocenters. The Morgan fingerprint density at radius 3 is 1.93 bits per heavy atom. The average Bonchev–Trinajstić information content (AvgIpc) is 3.85. The first-order valence-electron chi connectivity index (χ1n) is 18.9. The number of fused-ring (bicyclic) bond motifs is 6. The molecule has 0 aliphatic rings. The summed E-state index contributed by atoms with van der Waals surface area (Å²) < 4.78 is 12.8. The van der Waals surface area contributed by atoms with Crippen molar-refractivity contribution >= 4 is 60.9 Å². The molecule has 0 aliphatic heterocycles. The normalized spacial score (nSPS) is 12.2. The molecule has 3 aromatic heterocycles. The summed E-state index contributed by atoms with van der Waals surface area (Å²) in [4.78, 5) is 14.5. The van der Waals surface area contributed by atoms with Gasteiger partial charge in [-0.15, -0.1) is 0 Å². The molecule has 0 N–H and O–H groups in total. The Bertz CT molecular complexity index is 3170. The second-order valence-corrected chi connectivity index (χ2v) is 14.1. The highest BCUT2D eigenvalue weighted by Crippen LogP contribution is 2.42. The zero-order valence-electron chi connectivity index (χ0n) is 31.2. The number of para-hydroxylation sites is 2. The van der Waals surface area contributed by atoms with Crippen molar-refractivity contribution in [3.63, 3.8) is 0 Å². The summed E-state index contributed by atoms with van der Waals surface area (Å²) in [5, 5.41) is 4.22. The largest absolute Gasteiger partial charge is 0.456 e. The molecule has 3 heterocycles. The van der Waals surface area contributed by atoms with Gasteiger partial charge in [0.2, 0.25) is 0 Å². The van der Waals surface area contributed by atoms with Crippen LogP contribution in [0.25, 0.3) is 88.8 Å². The SMILES string of the molecule is C=C(/C=C(\N=C(C)c1ccc(-c2cnc(-c3ccccc3)nc2)cc1)c1ccccc1)c1ccc(-c2ccc3oc4ccccc4c3c2)c2oc3ccccc3c12. The number of hydrogen-bond donors (Lipinski definition) is 0. The van der Waals surface area contributed by atoms with Crippen LogP contribution < -0.4 is 0 Å². The maximum Gasteiger partial charge on any atom is 0.159 e. The summed E-state index contributed by atoms with van der Waals surface area (Å²) >= 11 is 0. The van der Waals surface area contributed by atoms with Gasteiger partial charge in [-0.3, -0.25) is 4.99 Å². The first-order valence-corrected chi connectivity index (χ1v) is 18.9. The lowest BCUT2D eigenvalue weighted by atomic mass is 9.94. The molecule has 0 unspecified atom stereocenters. The molecule has 5 heteroatoms. The molecular weight excluding hydrogens is 699 g/mol. The van der Waals surface area contributed by atoms with Crippen LogP contribution in [0.4, 0.5) is 0 Å². The second kappa shape index (κ2) is 14.2. The maximum atomic E-state index is 6.67. The molecule has 5 nitrogen and oxygen atoms in total. The second-order valence-electron chi connectivity index (χ2n) is 14.1. The van der Waals surface area contributed by atoms with Gasteiger partial charge in [0.1, 0.15) is 22.3 Å². The summed E-state index contributed by atoms with van der Waals surface area (Å²) in [6, 6.07) is 55.6. The van der Waals surface area contributed by atoms with Gasteiger partial charge in [-0.25, -0.2) is 9.97 Å². The molecule has 0 saturated carbocycles. The van der Waals surface area contributed by atoms with Crippen molar-refractivity contribution in [2.45, 2.75) is 6.92 Å². The number of aliphatic imine (C=N–C) groups is 1. The van der Waals surface area contributed by atoms with Crippen molar-refractivity contribution in [3.8, 4) is 33.6 Å². The minimum atomic E-state index is 0.708. The molecule has 57 heavy (non-hydrogen) atoms. The lowest BCUT2D eigenvalue weighted by molar-refractivity contribution is 0.668. The van der Waals surface area contributed by atoms with Crippen LogP contribution >= 0.6 is 0 Å². The third kappa shape index (κ3) is 6.31. The van der Waals surface area contributed by atoms with E-state index in [2.05, 4.69) is 101 Å². The minimum absolute atomic E-state index is 0.708. The number of benzene rings is 7. The molecule has 10 rings (SSSR count). The Labute approximate surface area is 329 Å². The number of allylic oxidation sites excluding steroid dienone is 2.